The molecule has 1 fully saturated rings. The number of nitrogens with one attached hydrogen (secondary N) is 2. The number of unbranched alkanes of at least 4 members (excludes halogenated alkanes) is 1. The van der Waals surface area contributed by atoms with Crippen molar-refractivity contribution in [1.29, 1.82) is 0 Å². The summed E-state index contributed by atoms with van der Waals surface area (Å²) < 4.78 is 4.62. The molecule has 160 valence electrons. The van der Waals surface area contributed by atoms with E-state index in [0.717, 1.165) is 17.8 Å². The van der Waals surface area contributed by atoms with Gasteiger partial charge in [-0.1, -0.05) is 50.1 Å². The summed E-state index contributed by atoms with van der Waals surface area (Å²) in [5, 5.41) is 17.7. The van der Waals surface area contributed by atoms with Gasteiger partial charge < -0.3 is 15.2 Å². The highest BCUT2D eigenvalue weighted by atomic mass is 32.1. The topological polar surface area (TPSA) is 121 Å². The molecule has 1 aromatic carbocycles. The van der Waals surface area contributed by atoms with Gasteiger partial charge in [-0.05, 0) is 12.0 Å². The van der Waals surface area contributed by atoms with Gasteiger partial charge in [0, 0.05) is 5.38 Å². The molecular weight excluding hydrogens is 408 g/mol. The van der Waals surface area contributed by atoms with Gasteiger partial charge in [-0.3, -0.25) is 19.8 Å². The maximum atomic E-state index is 13.1. The van der Waals surface area contributed by atoms with E-state index in [2.05, 4.69) is 20.4 Å². The standard InChI is InChI=1S/C20H24N4O5S/c1-3-4-10-14(16(25)23-19-21-13(11-30-19)18(27)29-2)24-17(26)15(22-20(24)28)12-8-6-5-7-9-12/h5-9,11,14-15,20,22,28H,3-4,10H2,1-2H3,(H,21,23,25)/t14-,15-,20?/m0/s1. The first-order valence-corrected chi connectivity index (χ1v) is 10.5. The second-order valence-electron chi connectivity index (χ2n) is 6.81. The average molecular weight is 433 g/mol. The van der Waals surface area contributed by atoms with Crippen molar-refractivity contribution in [2.45, 2.75) is 44.6 Å². The van der Waals surface area contributed by atoms with Crippen LogP contribution in [0.2, 0.25) is 0 Å². The normalized spacial score (nSPS) is 19.6. The fraction of sp³-hybridized carbons (Fsp3) is 0.400. The number of ether oxygens (including phenoxy) is 1. The Hall–Kier alpha value is -2.82. The van der Waals surface area contributed by atoms with Gasteiger partial charge in [0.25, 0.3) is 0 Å². The zero-order valence-corrected chi connectivity index (χ0v) is 17.5. The van der Waals surface area contributed by atoms with Crippen molar-refractivity contribution in [3.8, 4) is 0 Å². The second kappa shape index (κ2) is 9.79. The molecule has 0 radical (unpaired) electrons. The van der Waals surface area contributed by atoms with Crippen LogP contribution in [0, 0.1) is 0 Å². The summed E-state index contributed by atoms with van der Waals surface area (Å²) in [5.41, 5.74) is 0.798. The van der Waals surface area contributed by atoms with Crippen molar-refractivity contribution in [3.05, 3.63) is 47.0 Å². The number of esters is 1. The first kappa shape index (κ1) is 21.9. The Labute approximate surface area is 178 Å². The molecule has 1 aliphatic heterocycles. The lowest BCUT2D eigenvalue weighted by atomic mass is 10.0. The molecule has 0 aliphatic carbocycles. The number of carbonyl (C=O) groups is 3. The van der Waals surface area contributed by atoms with E-state index in [1.54, 1.807) is 12.1 Å². The Morgan fingerprint density at radius 1 is 1.37 bits per heavy atom. The minimum absolute atomic E-state index is 0.0889. The maximum absolute atomic E-state index is 13.1. The van der Waals surface area contributed by atoms with Crippen LogP contribution in [0.1, 0.15) is 48.3 Å². The van der Waals surface area contributed by atoms with E-state index in [1.165, 1.54) is 17.4 Å². The highest BCUT2D eigenvalue weighted by Crippen LogP contribution is 2.27. The summed E-state index contributed by atoms with van der Waals surface area (Å²) in [4.78, 5) is 42.8. The molecule has 3 rings (SSSR count). The molecule has 0 saturated carbocycles. The molecule has 1 aromatic heterocycles. The summed E-state index contributed by atoms with van der Waals surface area (Å²) in [5.74, 6) is -1.45. The average Bonchev–Trinajstić information content (AvgIpc) is 3.33. The SMILES string of the molecule is CCCC[C@@H](C(=O)Nc1nc(C(=O)OC)cs1)N1C(=O)[C@H](c2ccccc2)NC1O. The van der Waals surface area contributed by atoms with Crippen molar-refractivity contribution in [3.63, 3.8) is 0 Å². The number of anilines is 1. The van der Waals surface area contributed by atoms with Crippen LogP contribution in [-0.2, 0) is 14.3 Å². The van der Waals surface area contributed by atoms with Gasteiger partial charge in [0.2, 0.25) is 11.8 Å². The van der Waals surface area contributed by atoms with Crippen LogP contribution in [0.4, 0.5) is 5.13 Å². The lowest BCUT2D eigenvalue weighted by molar-refractivity contribution is -0.144. The van der Waals surface area contributed by atoms with E-state index in [0.29, 0.717) is 18.4 Å². The van der Waals surface area contributed by atoms with Crippen LogP contribution in [0.15, 0.2) is 35.7 Å². The number of aliphatic hydroxyl groups is 1. The van der Waals surface area contributed by atoms with Gasteiger partial charge in [0.05, 0.1) is 7.11 Å². The molecule has 10 heteroatoms. The van der Waals surface area contributed by atoms with Crippen molar-refractivity contribution in [2.24, 2.45) is 0 Å². The number of benzene rings is 1. The summed E-state index contributed by atoms with van der Waals surface area (Å²) in [6.45, 7) is 1.98. The number of aromatic nitrogens is 1. The highest BCUT2D eigenvalue weighted by molar-refractivity contribution is 7.14. The quantitative estimate of drug-likeness (QED) is 0.545. The van der Waals surface area contributed by atoms with Crippen LogP contribution < -0.4 is 10.6 Å². The second-order valence-corrected chi connectivity index (χ2v) is 7.66. The number of carbonyl (C=O) groups excluding carboxylic acids is 3. The number of aliphatic hydroxyl groups excluding tert-OH is 1. The van der Waals surface area contributed by atoms with Crippen molar-refractivity contribution >= 4 is 34.3 Å². The van der Waals surface area contributed by atoms with E-state index >= 15 is 0 Å². The smallest absolute Gasteiger partial charge is 0.357 e. The fourth-order valence-corrected chi connectivity index (χ4v) is 3.97. The number of hydrogen-bond donors (Lipinski definition) is 3. The van der Waals surface area contributed by atoms with E-state index < -0.39 is 30.3 Å². The largest absolute Gasteiger partial charge is 0.464 e. The molecule has 2 amide bonds. The van der Waals surface area contributed by atoms with E-state index in [1.807, 2.05) is 25.1 Å². The number of amides is 2. The zero-order valence-electron chi connectivity index (χ0n) is 16.7. The number of hydrogen-bond acceptors (Lipinski definition) is 8. The number of methoxy groups -OCH3 is 1. The van der Waals surface area contributed by atoms with Crippen LogP contribution in [0.5, 0.6) is 0 Å². The van der Waals surface area contributed by atoms with Gasteiger partial charge in [0.15, 0.2) is 17.2 Å². The first-order chi connectivity index (χ1) is 14.5. The Bertz CT molecular complexity index is 904. The lowest BCUT2D eigenvalue weighted by Crippen LogP contribution is -2.50. The monoisotopic (exact) mass is 432 g/mol. The van der Waals surface area contributed by atoms with E-state index in [4.69, 9.17) is 0 Å². The molecule has 2 heterocycles. The third-order valence-corrected chi connectivity index (χ3v) is 5.57. The summed E-state index contributed by atoms with van der Waals surface area (Å²) >= 11 is 1.08. The lowest BCUT2D eigenvalue weighted by Gasteiger charge is -2.28. The Morgan fingerprint density at radius 2 is 2.10 bits per heavy atom. The molecule has 3 atom stereocenters. The molecule has 0 bridgehead atoms. The van der Waals surface area contributed by atoms with Gasteiger partial charge in [0.1, 0.15) is 12.1 Å². The molecule has 1 aliphatic rings. The Kier molecular flexibility index (Phi) is 7.14. The van der Waals surface area contributed by atoms with Gasteiger partial charge in [-0.2, -0.15) is 0 Å². The number of rotatable bonds is 8. The van der Waals surface area contributed by atoms with Crippen LogP contribution in [0.3, 0.4) is 0 Å². The minimum Gasteiger partial charge on any atom is -0.464 e. The number of thiazole rings is 1. The van der Waals surface area contributed by atoms with E-state index in [9.17, 15) is 19.5 Å². The molecule has 1 unspecified atom stereocenters. The molecule has 1 saturated heterocycles. The molecule has 9 nitrogen and oxygen atoms in total. The Morgan fingerprint density at radius 3 is 2.77 bits per heavy atom. The maximum Gasteiger partial charge on any atom is 0.357 e. The highest BCUT2D eigenvalue weighted by Gasteiger charge is 2.44. The van der Waals surface area contributed by atoms with Gasteiger partial charge in [-0.25, -0.2) is 9.78 Å². The van der Waals surface area contributed by atoms with Crippen LogP contribution in [0.25, 0.3) is 0 Å². The Balaban J connectivity index is 1.79. The fourth-order valence-electron chi connectivity index (χ4n) is 3.29. The number of nitrogens with zero attached hydrogens (tertiary/aromatic N) is 2. The zero-order chi connectivity index (χ0) is 21.7. The summed E-state index contributed by atoms with van der Waals surface area (Å²) in [6.07, 6.45) is 0.595. The van der Waals surface area contributed by atoms with Crippen LogP contribution in [-0.4, -0.2) is 52.3 Å². The van der Waals surface area contributed by atoms with Crippen molar-refractivity contribution < 1.29 is 24.2 Å². The third-order valence-electron chi connectivity index (χ3n) is 4.81. The molecular formula is C20H24N4O5S. The van der Waals surface area contributed by atoms with Crippen LogP contribution >= 0.6 is 11.3 Å². The van der Waals surface area contributed by atoms with Crippen molar-refractivity contribution in [2.75, 3.05) is 12.4 Å². The van der Waals surface area contributed by atoms with E-state index in [-0.39, 0.29) is 16.7 Å². The molecule has 30 heavy (non-hydrogen) atoms. The molecule has 2 aromatic rings. The van der Waals surface area contributed by atoms with Gasteiger partial charge >= 0.3 is 5.97 Å². The van der Waals surface area contributed by atoms with Crippen molar-refractivity contribution in [1.82, 2.24) is 15.2 Å². The van der Waals surface area contributed by atoms with Gasteiger partial charge in [-0.15, -0.1) is 11.3 Å². The summed E-state index contributed by atoms with van der Waals surface area (Å²) in [7, 11) is 1.25. The molecule has 0 spiro atoms. The predicted molar refractivity (Wildman–Crippen MR) is 111 cm³/mol. The first-order valence-electron chi connectivity index (χ1n) is 9.62. The molecule has 3 N–H and O–H groups in total. The predicted octanol–water partition coefficient (Wildman–Crippen LogP) is 1.88. The third kappa shape index (κ3) is 4.66. The summed E-state index contributed by atoms with van der Waals surface area (Å²) in [6, 6.07) is 7.41. The minimum atomic E-state index is -1.29.